The molecule has 2 aromatic carbocycles. The van der Waals surface area contributed by atoms with Crippen LogP contribution in [0.25, 0.3) is 0 Å². The lowest BCUT2D eigenvalue weighted by Crippen LogP contribution is -2.31. The molecule has 0 radical (unpaired) electrons. The first-order valence-electron chi connectivity index (χ1n) is 8.72. The van der Waals surface area contributed by atoms with Crippen molar-refractivity contribution in [2.24, 2.45) is 5.92 Å². The molecule has 152 valence electrons. The summed E-state index contributed by atoms with van der Waals surface area (Å²) in [5, 5.41) is 13.6. The number of ether oxygens (including phenoxy) is 1. The van der Waals surface area contributed by atoms with Crippen molar-refractivity contribution >= 4 is 34.9 Å². The van der Waals surface area contributed by atoms with Crippen LogP contribution in [0.3, 0.4) is 0 Å². The lowest BCUT2D eigenvalue weighted by atomic mass is 9.98. The van der Waals surface area contributed by atoms with E-state index in [2.05, 4.69) is 5.32 Å². The van der Waals surface area contributed by atoms with E-state index >= 15 is 0 Å². The van der Waals surface area contributed by atoms with Crippen LogP contribution in [0, 0.1) is 16.0 Å². The van der Waals surface area contributed by atoms with E-state index in [4.69, 9.17) is 16.3 Å². The summed E-state index contributed by atoms with van der Waals surface area (Å²) in [5.41, 5.74) is -0.473. The second kappa shape index (κ2) is 9.79. The Labute approximate surface area is 172 Å². The molecule has 29 heavy (non-hydrogen) atoms. The number of carbonyl (C=O) groups is 3. The van der Waals surface area contributed by atoms with Crippen molar-refractivity contribution in [1.82, 2.24) is 5.32 Å². The summed E-state index contributed by atoms with van der Waals surface area (Å²) in [6.07, 6.45) is 0. The van der Waals surface area contributed by atoms with Crippen molar-refractivity contribution in [3.8, 4) is 0 Å². The van der Waals surface area contributed by atoms with Crippen molar-refractivity contribution in [2.75, 3.05) is 13.2 Å². The van der Waals surface area contributed by atoms with Crippen LogP contribution in [0.1, 0.15) is 40.1 Å². The van der Waals surface area contributed by atoms with Gasteiger partial charge in [0.2, 0.25) is 0 Å². The molecular weight excluding hydrogens is 400 g/mol. The Hall–Kier alpha value is -3.26. The van der Waals surface area contributed by atoms with E-state index in [9.17, 15) is 24.5 Å². The lowest BCUT2D eigenvalue weighted by Gasteiger charge is -2.10. The number of benzene rings is 2. The molecule has 0 heterocycles. The number of carbonyl (C=O) groups excluding carboxylic acids is 3. The van der Waals surface area contributed by atoms with Crippen LogP contribution >= 0.6 is 11.6 Å². The van der Waals surface area contributed by atoms with E-state index in [0.717, 1.165) is 6.07 Å². The molecule has 8 nitrogen and oxygen atoms in total. The molecule has 0 saturated carbocycles. The van der Waals surface area contributed by atoms with Gasteiger partial charge in [-0.1, -0.05) is 43.6 Å². The third-order valence-electron chi connectivity index (χ3n) is 3.84. The van der Waals surface area contributed by atoms with Gasteiger partial charge < -0.3 is 10.1 Å². The Bertz CT molecular complexity index is 958. The minimum absolute atomic E-state index is 0.00305. The molecule has 0 bridgehead atoms. The highest BCUT2D eigenvalue weighted by molar-refractivity contribution is 6.33. The Balaban J connectivity index is 2.21. The van der Waals surface area contributed by atoms with Crippen molar-refractivity contribution in [1.29, 1.82) is 0 Å². The zero-order valence-electron chi connectivity index (χ0n) is 15.8. The fourth-order valence-electron chi connectivity index (χ4n) is 2.39. The number of nitro benzene ring substituents is 1. The van der Waals surface area contributed by atoms with E-state index < -0.39 is 34.9 Å². The van der Waals surface area contributed by atoms with Gasteiger partial charge in [0.1, 0.15) is 5.02 Å². The third kappa shape index (κ3) is 5.86. The molecule has 1 N–H and O–H groups in total. The number of amides is 1. The maximum Gasteiger partial charge on any atom is 0.339 e. The first-order valence-corrected chi connectivity index (χ1v) is 9.10. The van der Waals surface area contributed by atoms with Crippen LogP contribution in [0.15, 0.2) is 42.5 Å². The number of nitro groups is 1. The fraction of sp³-hybridized carbons (Fsp3) is 0.250. The van der Waals surface area contributed by atoms with Gasteiger partial charge >= 0.3 is 5.97 Å². The summed E-state index contributed by atoms with van der Waals surface area (Å²) in [6.45, 7) is 3.81. The van der Waals surface area contributed by atoms with Crippen LogP contribution in [0.5, 0.6) is 0 Å². The summed E-state index contributed by atoms with van der Waals surface area (Å²) in [6, 6.07) is 9.49. The maximum absolute atomic E-state index is 12.8. The number of hydrogen-bond acceptors (Lipinski definition) is 6. The molecule has 0 aromatic heterocycles. The van der Waals surface area contributed by atoms with Crippen molar-refractivity contribution in [3.05, 3.63) is 74.3 Å². The predicted molar refractivity (Wildman–Crippen MR) is 106 cm³/mol. The molecule has 9 heteroatoms. The summed E-state index contributed by atoms with van der Waals surface area (Å²) in [4.78, 5) is 47.3. The first kappa shape index (κ1) is 22.0. The fourth-order valence-corrected chi connectivity index (χ4v) is 2.57. The van der Waals surface area contributed by atoms with Crippen LogP contribution in [0.2, 0.25) is 5.02 Å². The number of ketones is 1. The van der Waals surface area contributed by atoms with E-state index in [1.165, 1.54) is 30.3 Å². The van der Waals surface area contributed by atoms with Gasteiger partial charge in [0.15, 0.2) is 12.4 Å². The maximum atomic E-state index is 12.8. The van der Waals surface area contributed by atoms with Gasteiger partial charge in [-0.25, -0.2) is 4.79 Å². The Morgan fingerprint density at radius 2 is 1.79 bits per heavy atom. The number of nitrogens with one attached hydrogen (secondary N) is 1. The number of esters is 1. The van der Waals surface area contributed by atoms with Gasteiger partial charge in [-0.2, -0.15) is 0 Å². The third-order valence-corrected chi connectivity index (χ3v) is 4.16. The minimum atomic E-state index is -0.850. The zero-order chi connectivity index (χ0) is 21.6. The molecule has 0 atom stereocenters. The summed E-state index contributed by atoms with van der Waals surface area (Å²) in [7, 11) is 0. The van der Waals surface area contributed by atoms with Crippen molar-refractivity contribution < 1.29 is 24.0 Å². The Morgan fingerprint density at radius 3 is 2.41 bits per heavy atom. The van der Waals surface area contributed by atoms with Crippen LogP contribution in [0.4, 0.5) is 5.69 Å². The SMILES string of the molecule is CC(C)CNC(=O)COC(=O)c1ccccc1C(=O)c1ccc(Cl)c([N+](=O)[O-])c1. The molecule has 2 aromatic rings. The van der Waals surface area contributed by atoms with Gasteiger partial charge in [-0.15, -0.1) is 0 Å². The molecule has 0 saturated heterocycles. The molecule has 0 unspecified atom stereocenters. The Morgan fingerprint density at radius 1 is 1.14 bits per heavy atom. The number of nitrogens with zero attached hydrogens (tertiary/aromatic N) is 1. The highest BCUT2D eigenvalue weighted by Gasteiger charge is 2.22. The minimum Gasteiger partial charge on any atom is -0.452 e. The van der Waals surface area contributed by atoms with Crippen molar-refractivity contribution in [3.63, 3.8) is 0 Å². The highest BCUT2D eigenvalue weighted by Crippen LogP contribution is 2.27. The zero-order valence-corrected chi connectivity index (χ0v) is 16.6. The van der Waals surface area contributed by atoms with Gasteiger partial charge in [-0.3, -0.25) is 19.7 Å². The number of halogens is 1. The van der Waals surface area contributed by atoms with Gasteiger partial charge in [0.05, 0.1) is 10.5 Å². The largest absolute Gasteiger partial charge is 0.452 e. The molecule has 1 amide bonds. The topological polar surface area (TPSA) is 116 Å². The average Bonchev–Trinajstić information content (AvgIpc) is 2.70. The molecule has 0 spiro atoms. The van der Waals surface area contributed by atoms with E-state index in [1.807, 2.05) is 13.8 Å². The standard InChI is InChI=1S/C20H19ClN2O6/c1-12(2)10-22-18(24)11-29-20(26)15-6-4-3-5-14(15)19(25)13-7-8-16(21)17(9-13)23(27)28/h3-9,12H,10-11H2,1-2H3,(H,22,24). The van der Waals surface area contributed by atoms with Crippen molar-refractivity contribution in [2.45, 2.75) is 13.8 Å². The number of rotatable bonds is 8. The van der Waals surface area contributed by atoms with Gasteiger partial charge in [0.25, 0.3) is 11.6 Å². The monoisotopic (exact) mass is 418 g/mol. The van der Waals surface area contributed by atoms with Crippen LogP contribution in [-0.4, -0.2) is 35.7 Å². The smallest absolute Gasteiger partial charge is 0.339 e. The number of hydrogen-bond donors (Lipinski definition) is 1. The van der Waals surface area contributed by atoms with E-state index in [0.29, 0.717) is 6.54 Å². The molecule has 0 aliphatic carbocycles. The first-order chi connectivity index (χ1) is 13.7. The van der Waals surface area contributed by atoms with Gasteiger partial charge in [-0.05, 0) is 24.1 Å². The predicted octanol–water partition coefficient (Wildman–Crippen LogP) is 3.41. The second-order valence-electron chi connectivity index (χ2n) is 6.57. The molecular formula is C20H19ClN2O6. The average molecular weight is 419 g/mol. The molecule has 2 rings (SSSR count). The quantitative estimate of drug-likeness (QED) is 0.304. The molecule has 0 aliphatic rings. The molecule has 0 fully saturated rings. The Kier molecular flexibility index (Phi) is 7.44. The van der Waals surface area contributed by atoms with E-state index in [1.54, 1.807) is 6.07 Å². The van der Waals surface area contributed by atoms with Gasteiger partial charge in [0, 0.05) is 23.7 Å². The highest BCUT2D eigenvalue weighted by atomic mass is 35.5. The summed E-state index contributed by atoms with van der Waals surface area (Å²) < 4.78 is 5.00. The molecule has 0 aliphatic heterocycles. The summed E-state index contributed by atoms with van der Waals surface area (Å²) >= 11 is 5.77. The normalized spacial score (nSPS) is 10.5. The van der Waals surface area contributed by atoms with Crippen LogP contribution in [-0.2, 0) is 9.53 Å². The lowest BCUT2D eigenvalue weighted by molar-refractivity contribution is -0.384. The summed E-state index contributed by atoms with van der Waals surface area (Å²) in [5.74, 6) is -1.67. The second-order valence-corrected chi connectivity index (χ2v) is 6.98. The van der Waals surface area contributed by atoms with E-state index in [-0.39, 0.29) is 27.6 Å². The van der Waals surface area contributed by atoms with Crippen LogP contribution < -0.4 is 5.32 Å².